The summed E-state index contributed by atoms with van der Waals surface area (Å²) in [4.78, 5) is 15.6. The van der Waals surface area contributed by atoms with Crippen molar-refractivity contribution in [3.63, 3.8) is 0 Å². The molecular formula is C36H10BF21N2O. The van der Waals surface area contributed by atoms with Gasteiger partial charge in [-0.05, 0) is 12.1 Å². The summed E-state index contributed by atoms with van der Waals surface area (Å²) in [6.07, 6.45) is -0.642. The maximum Gasteiger partial charge on any atom is 0.227 e. The molecule has 0 radical (unpaired) electrons. The molecule has 0 aliphatic heterocycles. The van der Waals surface area contributed by atoms with E-state index in [0.717, 1.165) is 0 Å². The molecule has 0 atom stereocenters. The van der Waals surface area contributed by atoms with Crippen molar-refractivity contribution >= 4 is 33.8 Å². The van der Waals surface area contributed by atoms with Gasteiger partial charge in [-0.3, -0.25) is 9.78 Å². The molecule has 0 spiro atoms. The number of Topliss-reactive ketones (excluding diaryl/α,β-unsaturated/α-hetero) is 1. The van der Waals surface area contributed by atoms with Crippen molar-refractivity contribution in [2.75, 3.05) is 0 Å². The van der Waals surface area contributed by atoms with E-state index in [0.29, 0.717) is 5.56 Å². The van der Waals surface area contributed by atoms with Crippen LogP contribution in [0, 0.1) is 122 Å². The number of nitrogens with zero attached hydrogens (tertiary/aromatic N) is 2. The van der Waals surface area contributed by atoms with Crippen molar-refractivity contribution in [2.24, 2.45) is 0 Å². The van der Waals surface area contributed by atoms with Gasteiger partial charge in [0.15, 0.2) is 82.2 Å². The lowest BCUT2D eigenvalue weighted by molar-refractivity contribution is -0.683. The van der Waals surface area contributed by atoms with Gasteiger partial charge < -0.3 is 0 Å². The highest BCUT2D eigenvalue weighted by Crippen LogP contribution is 2.30. The van der Waals surface area contributed by atoms with Gasteiger partial charge in [0, 0.05) is 5.56 Å². The summed E-state index contributed by atoms with van der Waals surface area (Å²) >= 11 is 0. The lowest BCUT2D eigenvalue weighted by Gasteiger charge is -2.44. The van der Waals surface area contributed by atoms with Crippen LogP contribution in [0.5, 0.6) is 0 Å². The Balaban J connectivity index is 0.000000366. The van der Waals surface area contributed by atoms with Gasteiger partial charge in [-0.25, -0.2) is 92.2 Å². The average molecular weight is 896 g/mol. The predicted molar refractivity (Wildman–Crippen MR) is 164 cm³/mol. The van der Waals surface area contributed by atoms with Crippen LogP contribution in [0.4, 0.5) is 92.2 Å². The summed E-state index contributed by atoms with van der Waals surface area (Å²) in [6, 6.07) is 5.69. The van der Waals surface area contributed by atoms with Crippen molar-refractivity contribution in [3.8, 4) is 0 Å². The SMILES string of the molecule is Fc1c(F)c(F)c([B-](c2c(F)c(F)c(F)c(F)c2F)(c2c(F)c(F)c(F)c(F)c2F)c2c(F)c(F)c(F)c(F)c2F)c(F)c1F.O=C(C[n+]1ccncc1)c1cccc(F)c1. The number of carbonyl (C=O) groups excluding carboxylic acids is 1. The molecule has 0 bridgehead atoms. The van der Waals surface area contributed by atoms with Crippen molar-refractivity contribution in [3.05, 3.63) is 177 Å². The molecular weight excluding hydrogens is 886 g/mol. The van der Waals surface area contributed by atoms with Crippen LogP contribution < -0.4 is 26.4 Å². The molecule has 0 amide bonds. The number of halogens is 21. The molecule has 5 aromatic carbocycles. The first-order chi connectivity index (χ1) is 28.5. The second kappa shape index (κ2) is 16.8. The number of hydrogen-bond acceptors (Lipinski definition) is 2. The second-order valence-electron chi connectivity index (χ2n) is 12.2. The van der Waals surface area contributed by atoms with E-state index in [4.69, 9.17) is 0 Å². The van der Waals surface area contributed by atoms with Crippen molar-refractivity contribution < 1.29 is 102 Å². The molecule has 6 rings (SSSR count). The third-order valence-corrected chi connectivity index (χ3v) is 8.87. The summed E-state index contributed by atoms with van der Waals surface area (Å²) in [5, 5.41) is 0. The molecule has 1 aromatic heterocycles. The van der Waals surface area contributed by atoms with Crippen molar-refractivity contribution in [2.45, 2.75) is 6.54 Å². The average Bonchev–Trinajstić information content (AvgIpc) is 3.24. The minimum Gasteiger partial charge on any atom is -0.287 e. The third kappa shape index (κ3) is 7.27. The molecule has 0 aliphatic carbocycles. The lowest BCUT2D eigenvalue weighted by Crippen LogP contribution is -2.81. The molecule has 320 valence electrons. The van der Waals surface area contributed by atoms with E-state index < -0.39 is 150 Å². The molecule has 0 aliphatic rings. The van der Waals surface area contributed by atoms with Gasteiger partial charge in [0.1, 0.15) is 58.5 Å². The Morgan fingerprint density at radius 3 is 0.934 bits per heavy atom. The predicted octanol–water partition coefficient (Wildman–Crippen LogP) is 7.24. The van der Waals surface area contributed by atoms with E-state index in [1.807, 2.05) is 0 Å². The Hall–Kier alpha value is -6.56. The van der Waals surface area contributed by atoms with Crippen LogP contribution in [0.2, 0.25) is 0 Å². The fraction of sp³-hybridized carbons (Fsp3) is 0.0278. The van der Waals surface area contributed by atoms with Crippen LogP contribution in [0.1, 0.15) is 10.4 Å². The van der Waals surface area contributed by atoms with Crippen LogP contribution in [-0.2, 0) is 6.54 Å². The first kappa shape index (κ1) is 45.5. The zero-order chi connectivity index (χ0) is 45.7. The van der Waals surface area contributed by atoms with E-state index >= 15 is 35.1 Å². The lowest BCUT2D eigenvalue weighted by atomic mass is 9.12. The normalized spacial score (nSPS) is 11.5. The highest BCUT2D eigenvalue weighted by molar-refractivity contribution is 7.20. The van der Waals surface area contributed by atoms with Gasteiger partial charge in [-0.15, -0.1) is 21.9 Å². The quantitative estimate of drug-likeness (QED) is 0.0424. The number of hydrogen-bond donors (Lipinski definition) is 0. The Morgan fingerprint density at radius 1 is 0.410 bits per heavy atom. The zero-order valence-corrected chi connectivity index (χ0v) is 28.6. The van der Waals surface area contributed by atoms with Gasteiger partial charge >= 0.3 is 0 Å². The highest BCUT2D eigenvalue weighted by atomic mass is 19.2. The number of ketones is 1. The Kier molecular flexibility index (Phi) is 12.6. The Labute approximate surface area is 323 Å². The number of aromatic nitrogens is 2. The van der Waals surface area contributed by atoms with Crippen molar-refractivity contribution in [1.29, 1.82) is 0 Å². The fourth-order valence-corrected chi connectivity index (χ4v) is 6.25. The maximum absolute atomic E-state index is 15.4. The third-order valence-electron chi connectivity index (χ3n) is 8.87. The summed E-state index contributed by atoms with van der Waals surface area (Å²) in [5.74, 6) is -71.9. The minimum absolute atomic E-state index is 0.129. The molecule has 3 nitrogen and oxygen atoms in total. The summed E-state index contributed by atoms with van der Waals surface area (Å²) in [6.45, 7) is 0.186. The van der Waals surface area contributed by atoms with E-state index in [1.54, 1.807) is 35.4 Å². The molecule has 6 aromatic rings. The van der Waals surface area contributed by atoms with Gasteiger partial charge in [-0.2, -0.15) is 4.57 Å². The van der Waals surface area contributed by atoms with Gasteiger partial charge in [0.05, 0.1) is 12.4 Å². The van der Waals surface area contributed by atoms with E-state index in [1.165, 1.54) is 18.2 Å². The van der Waals surface area contributed by atoms with Crippen LogP contribution in [0.15, 0.2) is 49.1 Å². The fourth-order valence-electron chi connectivity index (χ4n) is 6.25. The largest absolute Gasteiger partial charge is 0.287 e. The Bertz CT molecular complexity index is 2390. The molecule has 0 fully saturated rings. The van der Waals surface area contributed by atoms with Crippen LogP contribution in [0.3, 0.4) is 0 Å². The summed E-state index contributed by atoms with van der Waals surface area (Å²) < 4.78 is 309. The van der Waals surface area contributed by atoms with Crippen LogP contribution >= 0.6 is 0 Å². The standard InChI is InChI=1S/C24BF20.C12H10FN2O/c26-5-1(6(27)14(35)21(42)13(5)34)25(2-7(28)15(36)22(43)16(37)8(2)29,3-9(30)17(38)23(44)18(39)10(3)31)4-11(32)19(40)24(45)20(41)12(4)33;13-11-3-1-2-10(8-11)12(16)9-15-6-4-14-5-7-15/h;1-8H,9H2/q-1;+1. The highest BCUT2D eigenvalue weighted by Gasteiger charge is 2.52. The van der Waals surface area contributed by atoms with Gasteiger partial charge in [-0.1, -0.05) is 12.1 Å². The second-order valence-corrected chi connectivity index (χ2v) is 12.2. The maximum atomic E-state index is 15.4. The first-order valence-electron chi connectivity index (χ1n) is 15.8. The number of rotatable bonds is 7. The van der Waals surface area contributed by atoms with Gasteiger partial charge in [0.2, 0.25) is 12.3 Å². The molecule has 0 N–H and O–H groups in total. The first-order valence-corrected chi connectivity index (χ1v) is 15.8. The monoisotopic (exact) mass is 896 g/mol. The molecule has 25 heteroatoms. The molecule has 0 saturated heterocycles. The molecule has 61 heavy (non-hydrogen) atoms. The van der Waals surface area contributed by atoms with Crippen LogP contribution in [-0.4, -0.2) is 16.9 Å². The summed E-state index contributed by atoms with van der Waals surface area (Å²) in [5.41, 5.74) is -14.0. The molecule has 1 heterocycles. The summed E-state index contributed by atoms with van der Waals surface area (Å²) in [7, 11) is 0. The topological polar surface area (TPSA) is 33.8 Å². The van der Waals surface area contributed by atoms with E-state index in [-0.39, 0.29) is 12.3 Å². The molecule has 0 saturated carbocycles. The van der Waals surface area contributed by atoms with Crippen LogP contribution in [0.25, 0.3) is 0 Å². The smallest absolute Gasteiger partial charge is 0.227 e. The number of benzene rings is 5. The van der Waals surface area contributed by atoms with Crippen molar-refractivity contribution in [1.82, 2.24) is 4.98 Å². The Morgan fingerprint density at radius 2 is 0.672 bits per heavy atom. The van der Waals surface area contributed by atoms with E-state index in [9.17, 15) is 61.9 Å². The minimum atomic E-state index is -7.22. The van der Waals surface area contributed by atoms with E-state index in [2.05, 4.69) is 4.98 Å². The number of carbonyl (C=O) groups is 1. The zero-order valence-electron chi connectivity index (χ0n) is 28.6. The van der Waals surface area contributed by atoms with Gasteiger partial charge in [0.25, 0.3) is 0 Å². The molecule has 0 unspecified atom stereocenters.